The molecule has 0 aliphatic carbocycles. The van der Waals surface area contributed by atoms with Crippen LogP contribution in [0.25, 0.3) is 0 Å². The van der Waals surface area contributed by atoms with E-state index in [4.69, 9.17) is 0 Å². The number of carbonyl (C=O) groups is 1. The highest BCUT2D eigenvalue weighted by atomic mass is 32.2. The summed E-state index contributed by atoms with van der Waals surface area (Å²) in [6.45, 7) is 3.23. The Morgan fingerprint density at radius 1 is 1.59 bits per heavy atom. The Balaban J connectivity index is 2.43. The van der Waals surface area contributed by atoms with Crippen LogP contribution in [0.3, 0.4) is 0 Å². The van der Waals surface area contributed by atoms with Crippen LogP contribution in [-0.4, -0.2) is 30.8 Å². The van der Waals surface area contributed by atoms with Crippen LogP contribution in [0.1, 0.15) is 19.5 Å². The van der Waals surface area contributed by atoms with Crippen molar-refractivity contribution in [3.05, 3.63) is 18.0 Å². The SMILES string of the molecule is CC(C)OC(=O)NS(=O)(=O)NCc1ccn[nH]1. The lowest BCUT2D eigenvalue weighted by Crippen LogP contribution is -2.40. The molecular formula is C8H14N4O4S. The molecule has 0 aliphatic rings. The van der Waals surface area contributed by atoms with E-state index in [1.807, 2.05) is 0 Å². The molecule has 0 unspecified atom stereocenters. The summed E-state index contributed by atoms with van der Waals surface area (Å²) in [5.41, 5.74) is 0.576. The molecule has 0 radical (unpaired) electrons. The number of nitrogens with zero attached hydrogens (tertiary/aromatic N) is 1. The van der Waals surface area contributed by atoms with Crippen molar-refractivity contribution in [2.45, 2.75) is 26.5 Å². The number of rotatable bonds is 5. The number of amides is 1. The Kier molecular flexibility index (Phi) is 4.46. The van der Waals surface area contributed by atoms with Crippen molar-refractivity contribution in [3.63, 3.8) is 0 Å². The number of nitrogens with one attached hydrogen (secondary N) is 3. The fourth-order valence-corrected chi connectivity index (χ4v) is 1.63. The van der Waals surface area contributed by atoms with Gasteiger partial charge in [-0.2, -0.15) is 18.2 Å². The lowest BCUT2D eigenvalue weighted by atomic mass is 10.4. The maximum atomic E-state index is 11.4. The van der Waals surface area contributed by atoms with Crippen molar-refractivity contribution >= 4 is 16.3 Å². The first-order valence-electron chi connectivity index (χ1n) is 4.85. The molecule has 9 heteroatoms. The van der Waals surface area contributed by atoms with Crippen LogP contribution in [0.15, 0.2) is 12.3 Å². The number of aromatic nitrogens is 2. The third-order valence-corrected chi connectivity index (χ3v) is 2.53. The molecule has 8 nitrogen and oxygen atoms in total. The van der Waals surface area contributed by atoms with Gasteiger partial charge in [-0.3, -0.25) is 5.10 Å². The van der Waals surface area contributed by atoms with E-state index in [1.54, 1.807) is 24.6 Å². The van der Waals surface area contributed by atoms with Gasteiger partial charge in [0.25, 0.3) is 0 Å². The molecule has 1 heterocycles. The lowest BCUT2D eigenvalue weighted by Gasteiger charge is -2.10. The first kappa shape index (κ1) is 13.5. The van der Waals surface area contributed by atoms with Crippen LogP contribution in [0.5, 0.6) is 0 Å². The summed E-state index contributed by atoms with van der Waals surface area (Å²) in [7, 11) is -3.92. The summed E-state index contributed by atoms with van der Waals surface area (Å²) in [5, 5.41) is 6.23. The summed E-state index contributed by atoms with van der Waals surface area (Å²) >= 11 is 0. The van der Waals surface area contributed by atoms with Crippen molar-refractivity contribution in [2.75, 3.05) is 0 Å². The van der Waals surface area contributed by atoms with Gasteiger partial charge in [0.1, 0.15) is 0 Å². The zero-order valence-corrected chi connectivity index (χ0v) is 10.2. The Morgan fingerprint density at radius 3 is 2.82 bits per heavy atom. The molecule has 1 aromatic heterocycles. The number of H-pyrrole nitrogens is 1. The normalized spacial score (nSPS) is 11.5. The predicted molar refractivity (Wildman–Crippen MR) is 59.1 cm³/mol. The molecule has 17 heavy (non-hydrogen) atoms. The number of hydrogen-bond acceptors (Lipinski definition) is 5. The molecule has 0 aliphatic heterocycles. The Morgan fingerprint density at radius 2 is 2.29 bits per heavy atom. The van der Waals surface area contributed by atoms with Gasteiger partial charge >= 0.3 is 16.3 Å². The number of hydrogen-bond donors (Lipinski definition) is 3. The molecule has 3 N–H and O–H groups in total. The third-order valence-electron chi connectivity index (χ3n) is 1.57. The fourth-order valence-electron chi connectivity index (χ4n) is 0.940. The van der Waals surface area contributed by atoms with Gasteiger partial charge < -0.3 is 4.74 Å². The van der Waals surface area contributed by atoms with E-state index >= 15 is 0 Å². The zero-order chi connectivity index (χ0) is 12.9. The van der Waals surface area contributed by atoms with Crippen LogP contribution < -0.4 is 9.44 Å². The fraction of sp³-hybridized carbons (Fsp3) is 0.500. The predicted octanol–water partition coefficient (Wildman–Crippen LogP) is -0.121. The van der Waals surface area contributed by atoms with Crippen LogP contribution in [0.2, 0.25) is 0 Å². The van der Waals surface area contributed by atoms with Crippen molar-refractivity contribution in [2.24, 2.45) is 0 Å². The van der Waals surface area contributed by atoms with Crippen LogP contribution in [0, 0.1) is 0 Å². The first-order chi connectivity index (χ1) is 7.89. The molecule has 0 aromatic carbocycles. The molecule has 1 aromatic rings. The lowest BCUT2D eigenvalue weighted by molar-refractivity contribution is 0.121. The summed E-state index contributed by atoms with van der Waals surface area (Å²) in [4.78, 5) is 11.1. The maximum absolute atomic E-state index is 11.4. The van der Waals surface area contributed by atoms with E-state index in [1.165, 1.54) is 6.20 Å². The highest BCUT2D eigenvalue weighted by Crippen LogP contribution is 1.93. The van der Waals surface area contributed by atoms with Gasteiger partial charge in [0.05, 0.1) is 18.3 Å². The van der Waals surface area contributed by atoms with Gasteiger partial charge in [-0.05, 0) is 19.9 Å². The highest BCUT2D eigenvalue weighted by Gasteiger charge is 2.15. The topological polar surface area (TPSA) is 113 Å². The second-order valence-corrected chi connectivity index (χ2v) is 4.96. The van der Waals surface area contributed by atoms with E-state index < -0.39 is 22.4 Å². The van der Waals surface area contributed by atoms with E-state index in [0.717, 1.165) is 0 Å². The van der Waals surface area contributed by atoms with Crippen LogP contribution in [0.4, 0.5) is 4.79 Å². The maximum Gasteiger partial charge on any atom is 0.422 e. The molecule has 0 fully saturated rings. The van der Waals surface area contributed by atoms with E-state index in [0.29, 0.717) is 5.69 Å². The summed E-state index contributed by atoms with van der Waals surface area (Å²) in [6.07, 6.45) is 0.0827. The molecular weight excluding hydrogens is 248 g/mol. The Labute approximate surface area is 98.9 Å². The van der Waals surface area contributed by atoms with Crippen molar-refractivity contribution in [3.8, 4) is 0 Å². The average Bonchev–Trinajstić information content (AvgIpc) is 2.64. The summed E-state index contributed by atoms with van der Waals surface area (Å²) in [6, 6.07) is 1.61. The average molecular weight is 262 g/mol. The van der Waals surface area contributed by atoms with Crippen molar-refractivity contribution in [1.29, 1.82) is 0 Å². The van der Waals surface area contributed by atoms with Crippen molar-refractivity contribution < 1.29 is 17.9 Å². The van der Waals surface area contributed by atoms with Gasteiger partial charge in [-0.25, -0.2) is 9.52 Å². The monoisotopic (exact) mass is 262 g/mol. The van der Waals surface area contributed by atoms with Crippen LogP contribution >= 0.6 is 0 Å². The number of carbonyl (C=O) groups excluding carboxylic acids is 1. The minimum atomic E-state index is -3.92. The van der Waals surface area contributed by atoms with Gasteiger partial charge in [0.15, 0.2) is 0 Å². The molecule has 0 spiro atoms. The smallest absolute Gasteiger partial charge is 0.422 e. The van der Waals surface area contributed by atoms with Gasteiger partial charge in [-0.15, -0.1) is 0 Å². The molecule has 1 amide bonds. The molecule has 0 saturated heterocycles. The second-order valence-electron chi connectivity index (χ2n) is 3.46. The molecule has 96 valence electrons. The standard InChI is InChI=1S/C8H14N4O4S/c1-6(2)16-8(13)12-17(14,15)10-5-7-3-4-9-11-7/h3-4,6,10H,5H2,1-2H3,(H,9,11)(H,12,13). The first-order valence-corrected chi connectivity index (χ1v) is 6.33. The van der Waals surface area contributed by atoms with Crippen LogP contribution in [-0.2, 0) is 21.5 Å². The molecule has 0 bridgehead atoms. The highest BCUT2D eigenvalue weighted by molar-refractivity contribution is 7.88. The van der Waals surface area contributed by atoms with Gasteiger partial charge in [0.2, 0.25) is 0 Å². The van der Waals surface area contributed by atoms with E-state index in [9.17, 15) is 13.2 Å². The Hall–Kier alpha value is -1.61. The summed E-state index contributed by atoms with van der Waals surface area (Å²) < 4.78 is 31.2. The van der Waals surface area contributed by atoms with E-state index in [2.05, 4.69) is 19.7 Å². The van der Waals surface area contributed by atoms with Gasteiger partial charge in [0, 0.05) is 6.20 Å². The Bertz CT molecular complexity index is 454. The van der Waals surface area contributed by atoms with Crippen molar-refractivity contribution in [1.82, 2.24) is 19.6 Å². The summed E-state index contributed by atoms with van der Waals surface area (Å²) in [5.74, 6) is 0. The van der Waals surface area contributed by atoms with E-state index in [-0.39, 0.29) is 6.54 Å². The van der Waals surface area contributed by atoms with Gasteiger partial charge in [-0.1, -0.05) is 0 Å². The molecule has 1 rings (SSSR count). The number of aromatic amines is 1. The molecule has 0 atom stereocenters. The number of ether oxygens (including phenoxy) is 1. The minimum absolute atomic E-state index is 0.00426. The third kappa shape index (κ3) is 5.31. The largest absolute Gasteiger partial charge is 0.446 e. The molecule has 0 saturated carbocycles. The quantitative estimate of drug-likeness (QED) is 0.684. The second kappa shape index (κ2) is 5.64. The minimum Gasteiger partial charge on any atom is -0.446 e. The zero-order valence-electron chi connectivity index (χ0n) is 9.43.